The summed E-state index contributed by atoms with van der Waals surface area (Å²) in [5.74, 6) is -4.88. The molecular formula is C20H23N7O10S2. The van der Waals surface area contributed by atoms with Gasteiger partial charge in [-0.1, -0.05) is 5.16 Å². The first-order valence-electron chi connectivity index (χ1n) is 10.7. The molecule has 1 aliphatic rings. The molecule has 1 aliphatic heterocycles. The molecule has 210 valence electrons. The van der Waals surface area contributed by atoms with Crippen molar-refractivity contribution in [1.29, 1.82) is 0 Å². The molecule has 8 N–H and O–H groups in total. The number of nitrogens with one attached hydrogen (secondary N) is 3. The monoisotopic (exact) mass is 585 g/mol. The third-order valence-electron chi connectivity index (χ3n) is 5.29. The van der Waals surface area contributed by atoms with E-state index in [0.29, 0.717) is 0 Å². The van der Waals surface area contributed by atoms with E-state index < -0.39 is 68.8 Å². The number of β-lactam (4-membered cyclic amide) rings is 1. The van der Waals surface area contributed by atoms with Crippen LogP contribution in [0.2, 0.25) is 0 Å². The number of rotatable bonds is 8. The summed E-state index contributed by atoms with van der Waals surface area (Å²) < 4.78 is 31.9. The number of benzene rings is 1. The normalized spacial score (nSPS) is 17.7. The minimum atomic E-state index is -4.82. The summed E-state index contributed by atoms with van der Waals surface area (Å²) in [4.78, 5) is 59.1. The molecule has 2 atom stereocenters. The zero-order valence-electron chi connectivity index (χ0n) is 20.4. The van der Waals surface area contributed by atoms with Gasteiger partial charge in [-0.05, 0) is 39.0 Å². The Morgan fingerprint density at radius 1 is 1.21 bits per heavy atom. The van der Waals surface area contributed by atoms with Crippen LogP contribution in [0.4, 0.5) is 5.13 Å². The summed E-state index contributed by atoms with van der Waals surface area (Å²) in [6.07, 6.45) is 0. The van der Waals surface area contributed by atoms with E-state index in [2.05, 4.69) is 26.3 Å². The third kappa shape index (κ3) is 6.33. The van der Waals surface area contributed by atoms with Crippen molar-refractivity contribution >= 4 is 56.1 Å². The maximum absolute atomic E-state index is 12.9. The van der Waals surface area contributed by atoms with E-state index in [9.17, 15) is 37.8 Å². The fourth-order valence-corrected chi connectivity index (χ4v) is 4.55. The van der Waals surface area contributed by atoms with Gasteiger partial charge in [0.25, 0.3) is 23.6 Å². The lowest BCUT2D eigenvalue weighted by Gasteiger charge is -2.42. The summed E-state index contributed by atoms with van der Waals surface area (Å²) in [6, 6.07) is 0.794. The SMILES string of the molecule is C[C@H]1[C@H](NC(=O)C(=NOC(C)(C)C(=O)NNC(=O)c2ccc(O)c(O)c2)c2csc(N)n2)C(=O)N1S(=O)(=O)O. The topological polar surface area (TPSA) is 263 Å². The zero-order chi connectivity index (χ0) is 29.3. The van der Waals surface area contributed by atoms with E-state index in [-0.39, 0.29) is 20.7 Å². The van der Waals surface area contributed by atoms with E-state index in [1.807, 2.05) is 0 Å². The van der Waals surface area contributed by atoms with Crippen LogP contribution >= 0.6 is 11.3 Å². The number of oxime groups is 1. The van der Waals surface area contributed by atoms with Crippen LogP contribution < -0.4 is 21.9 Å². The third-order valence-corrected chi connectivity index (χ3v) is 6.97. The fraction of sp³-hybridized carbons (Fsp3) is 0.300. The summed E-state index contributed by atoms with van der Waals surface area (Å²) >= 11 is 0.947. The van der Waals surface area contributed by atoms with Gasteiger partial charge in [-0.2, -0.15) is 8.42 Å². The van der Waals surface area contributed by atoms with Crippen molar-refractivity contribution in [2.45, 2.75) is 38.5 Å². The number of phenols is 2. The number of thiazole rings is 1. The van der Waals surface area contributed by atoms with E-state index in [1.165, 1.54) is 32.2 Å². The van der Waals surface area contributed by atoms with Crippen molar-refractivity contribution in [2.75, 3.05) is 5.73 Å². The zero-order valence-corrected chi connectivity index (χ0v) is 22.0. The number of carbonyl (C=O) groups excluding carboxylic acids is 4. The molecule has 4 amide bonds. The van der Waals surface area contributed by atoms with Crippen LogP contribution in [0, 0.1) is 0 Å². The van der Waals surface area contributed by atoms with E-state index in [4.69, 9.17) is 15.1 Å². The molecule has 17 nitrogen and oxygen atoms in total. The molecule has 39 heavy (non-hydrogen) atoms. The smallest absolute Gasteiger partial charge is 0.362 e. The predicted molar refractivity (Wildman–Crippen MR) is 133 cm³/mol. The molecule has 1 saturated heterocycles. The molecule has 0 aliphatic carbocycles. The molecule has 2 aromatic rings. The summed E-state index contributed by atoms with van der Waals surface area (Å²) in [6.45, 7) is 3.77. The van der Waals surface area contributed by atoms with Crippen LogP contribution in [0.3, 0.4) is 0 Å². The van der Waals surface area contributed by atoms with Crippen LogP contribution in [-0.4, -0.2) is 79.5 Å². The second kappa shape index (κ2) is 10.7. The van der Waals surface area contributed by atoms with E-state index in [1.54, 1.807) is 0 Å². The number of nitrogens with two attached hydrogens (primary N) is 1. The number of nitrogens with zero attached hydrogens (tertiary/aromatic N) is 3. The quantitative estimate of drug-likeness (QED) is 0.0621. The first kappa shape index (κ1) is 29.1. The Labute approximate surface area is 224 Å². The minimum absolute atomic E-state index is 0.0520. The molecule has 0 spiro atoms. The number of anilines is 1. The molecule has 1 fully saturated rings. The average Bonchev–Trinajstić information content (AvgIpc) is 3.27. The van der Waals surface area contributed by atoms with Crippen molar-refractivity contribution in [3.05, 3.63) is 34.8 Å². The minimum Gasteiger partial charge on any atom is -0.504 e. The Morgan fingerprint density at radius 3 is 2.41 bits per heavy atom. The van der Waals surface area contributed by atoms with Gasteiger partial charge in [0.15, 0.2) is 22.3 Å². The molecule has 3 rings (SSSR count). The van der Waals surface area contributed by atoms with Gasteiger partial charge in [-0.25, -0.2) is 9.29 Å². The molecule has 0 bridgehead atoms. The highest BCUT2D eigenvalue weighted by Gasteiger charge is 2.51. The van der Waals surface area contributed by atoms with Crippen LogP contribution in [0.15, 0.2) is 28.7 Å². The predicted octanol–water partition coefficient (Wildman–Crippen LogP) is -1.38. The Balaban J connectivity index is 1.72. The number of hydrazine groups is 1. The second-order valence-electron chi connectivity index (χ2n) is 8.53. The first-order valence-corrected chi connectivity index (χ1v) is 13.0. The summed E-state index contributed by atoms with van der Waals surface area (Å²) in [5.41, 5.74) is 7.30. The van der Waals surface area contributed by atoms with Gasteiger partial charge in [0.05, 0.1) is 6.04 Å². The number of phenolic OH excluding ortho intramolecular Hbond substituents is 2. The number of amides is 4. The van der Waals surface area contributed by atoms with Crippen LogP contribution in [0.25, 0.3) is 0 Å². The lowest BCUT2D eigenvalue weighted by atomic mass is 10.0. The molecule has 0 unspecified atom stereocenters. The molecule has 2 heterocycles. The maximum Gasteiger partial charge on any atom is 0.362 e. The van der Waals surface area contributed by atoms with Gasteiger partial charge >= 0.3 is 10.3 Å². The number of hydrogen-bond acceptors (Lipinski definition) is 13. The fourth-order valence-electron chi connectivity index (χ4n) is 3.12. The molecule has 19 heteroatoms. The molecular weight excluding hydrogens is 562 g/mol. The second-order valence-corrected chi connectivity index (χ2v) is 10.7. The van der Waals surface area contributed by atoms with Gasteiger partial charge in [-0.15, -0.1) is 11.3 Å². The molecule has 0 saturated carbocycles. The maximum atomic E-state index is 12.9. The standard InChI is InChI=1S/C20H23N7O10S2/c1-8-13(17(32)27(8)39(34,35)36)23-16(31)14(10-7-38-19(21)22-10)26-37-20(2,3)18(33)25-24-15(30)9-4-5-11(28)12(29)6-9/h4-8,13,28-29H,1-3H3,(H2,21,22)(H,23,31)(H,24,30)(H,25,33)(H,34,35,36)/t8-,13-/m0/s1. The number of carbonyl (C=O) groups is 4. The van der Waals surface area contributed by atoms with E-state index >= 15 is 0 Å². The number of aromatic nitrogens is 1. The molecule has 1 aromatic heterocycles. The Kier molecular flexibility index (Phi) is 7.98. The molecule has 1 aromatic carbocycles. The lowest BCUT2D eigenvalue weighted by molar-refractivity contribution is -0.144. The van der Waals surface area contributed by atoms with Gasteiger partial charge in [0, 0.05) is 10.9 Å². The average molecular weight is 586 g/mol. The molecule has 0 radical (unpaired) electrons. The van der Waals surface area contributed by atoms with Crippen molar-refractivity contribution in [1.82, 2.24) is 25.5 Å². The van der Waals surface area contributed by atoms with Crippen molar-refractivity contribution in [3.63, 3.8) is 0 Å². The van der Waals surface area contributed by atoms with Crippen molar-refractivity contribution in [2.24, 2.45) is 5.16 Å². The Morgan fingerprint density at radius 2 is 1.87 bits per heavy atom. The first-order chi connectivity index (χ1) is 18.0. The largest absolute Gasteiger partial charge is 0.504 e. The van der Waals surface area contributed by atoms with Gasteiger partial charge in [0.1, 0.15) is 11.7 Å². The Bertz CT molecular complexity index is 1470. The van der Waals surface area contributed by atoms with Gasteiger partial charge < -0.3 is 26.1 Å². The van der Waals surface area contributed by atoms with Crippen LogP contribution in [0.1, 0.15) is 36.8 Å². The van der Waals surface area contributed by atoms with Gasteiger partial charge in [0.2, 0.25) is 5.60 Å². The van der Waals surface area contributed by atoms with Crippen molar-refractivity contribution in [3.8, 4) is 11.5 Å². The van der Waals surface area contributed by atoms with E-state index in [0.717, 1.165) is 23.5 Å². The summed E-state index contributed by atoms with van der Waals surface area (Å²) in [5, 5.41) is 26.2. The highest BCUT2D eigenvalue weighted by molar-refractivity contribution is 7.84. The van der Waals surface area contributed by atoms with Crippen molar-refractivity contribution < 1.29 is 47.2 Å². The van der Waals surface area contributed by atoms with Crippen LogP contribution in [0.5, 0.6) is 11.5 Å². The van der Waals surface area contributed by atoms with Gasteiger partial charge in [-0.3, -0.25) is 34.6 Å². The highest BCUT2D eigenvalue weighted by atomic mass is 32.2. The lowest BCUT2D eigenvalue weighted by Crippen LogP contribution is -2.71. The van der Waals surface area contributed by atoms with Crippen LogP contribution in [-0.2, 0) is 29.5 Å². The summed E-state index contributed by atoms with van der Waals surface area (Å²) in [7, 11) is -4.82. The number of nitrogen functional groups attached to an aromatic ring is 1. The highest BCUT2D eigenvalue weighted by Crippen LogP contribution is 2.25. The Hall–Kier alpha value is -4.49. The number of aromatic hydroxyl groups is 2. The number of hydrogen-bond donors (Lipinski definition) is 7.